The van der Waals surface area contributed by atoms with E-state index in [0.717, 1.165) is 5.82 Å². The summed E-state index contributed by atoms with van der Waals surface area (Å²) >= 11 is 0. The first-order chi connectivity index (χ1) is 13.8. The minimum atomic E-state index is -1.14. The lowest BCUT2D eigenvalue weighted by atomic mass is 9.89. The van der Waals surface area contributed by atoms with Gasteiger partial charge in [0.1, 0.15) is 11.2 Å². The van der Waals surface area contributed by atoms with Crippen LogP contribution in [0.3, 0.4) is 0 Å². The Morgan fingerprint density at radius 2 is 1.66 bits per heavy atom. The van der Waals surface area contributed by atoms with Crippen molar-refractivity contribution in [2.75, 3.05) is 36.4 Å². The molecule has 1 aromatic carbocycles. The largest absolute Gasteiger partial charge is 0.353 e. The highest BCUT2D eigenvalue weighted by Crippen LogP contribution is 2.24. The van der Waals surface area contributed by atoms with Crippen LogP contribution in [-0.2, 0) is 9.59 Å². The second-order valence-corrected chi connectivity index (χ2v) is 8.32. The van der Waals surface area contributed by atoms with Gasteiger partial charge < -0.3 is 15.1 Å². The molecule has 2 amide bonds. The maximum atomic E-state index is 13.1. The van der Waals surface area contributed by atoms with Crippen molar-refractivity contribution in [2.24, 2.45) is 5.41 Å². The van der Waals surface area contributed by atoms with Crippen molar-refractivity contribution in [3.63, 3.8) is 0 Å². The summed E-state index contributed by atoms with van der Waals surface area (Å²) in [4.78, 5) is 34.2. The number of pyridine rings is 1. The van der Waals surface area contributed by atoms with E-state index in [0.29, 0.717) is 37.8 Å². The summed E-state index contributed by atoms with van der Waals surface area (Å²) in [6.45, 7) is 10.2. The van der Waals surface area contributed by atoms with Gasteiger partial charge in [-0.3, -0.25) is 9.59 Å². The van der Waals surface area contributed by atoms with Gasteiger partial charge in [0.25, 0.3) is 0 Å². The van der Waals surface area contributed by atoms with Gasteiger partial charge in [0.15, 0.2) is 0 Å². The number of nitrogens with one attached hydrogen (secondary N) is 1. The monoisotopic (exact) mass is 394 g/mol. The minimum absolute atomic E-state index is 0.144. The molecule has 1 aliphatic heterocycles. The van der Waals surface area contributed by atoms with Crippen LogP contribution in [0.4, 0.5) is 11.5 Å². The summed E-state index contributed by atoms with van der Waals surface area (Å²) in [5.74, 6) is 0.922. The highest BCUT2D eigenvalue weighted by Gasteiger charge is 2.40. The van der Waals surface area contributed by atoms with E-state index < -0.39 is 5.41 Å². The van der Waals surface area contributed by atoms with Gasteiger partial charge in [0.05, 0.1) is 0 Å². The number of nitrogens with zero attached hydrogens (tertiary/aromatic N) is 3. The van der Waals surface area contributed by atoms with Crippen LogP contribution < -0.4 is 10.2 Å². The van der Waals surface area contributed by atoms with E-state index in [9.17, 15) is 9.59 Å². The number of anilines is 2. The number of piperazine rings is 1. The summed E-state index contributed by atoms with van der Waals surface area (Å²) < 4.78 is 0. The Kier molecular flexibility index (Phi) is 6.20. The SMILES string of the molecule is CC(C)c1ccc(NC(=O)C(C)(C)C(=O)N2CCN(c3ccccn3)CC2)cc1. The summed E-state index contributed by atoms with van der Waals surface area (Å²) in [5, 5.41) is 2.90. The van der Waals surface area contributed by atoms with E-state index in [2.05, 4.69) is 29.0 Å². The Morgan fingerprint density at radius 3 is 2.21 bits per heavy atom. The van der Waals surface area contributed by atoms with Crippen molar-refractivity contribution >= 4 is 23.3 Å². The lowest BCUT2D eigenvalue weighted by Crippen LogP contribution is -2.54. The van der Waals surface area contributed by atoms with Crippen molar-refractivity contribution in [2.45, 2.75) is 33.6 Å². The van der Waals surface area contributed by atoms with Crippen molar-refractivity contribution in [3.8, 4) is 0 Å². The molecule has 1 fully saturated rings. The van der Waals surface area contributed by atoms with E-state index in [1.54, 1.807) is 24.9 Å². The zero-order valence-electron chi connectivity index (χ0n) is 17.7. The predicted octanol–water partition coefficient (Wildman–Crippen LogP) is 3.52. The second-order valence-electron chi connectivity index (χ2n) is 8.32. The number of amides is 2. The number of carbonyl (C=O) groups is 2. The van der Waals surface area contributed by atoms with Gasteiger partial charge in [-0.1, -0.05) is 32.0 Å². The van der Waals surface area contributed by atoms with E-state index in [1.165, 1.54) is 5.56 Å². The number of benzene rings is 1. The molecule has 0 atom stereocenters. The minimum Gasteiger partial charge on any atom is -0.353 e. The maximum Gasteiger partial charge on any atom is 0.239 e. The third-order valence-electron chi connectivity index (χ3n) is 5.48. The fourth-order valence-corrected chi connectivity index (χ4v) is 3.41. The average molecular weight is 395 g/mol. The molecule has 29 heavy (non-hydrogen) atoms. The van der Waals surface area contributed by atoms with E-state index in [1.807, 2.05) is 42.5 Å². The highest BCUT2D eigenvalue weighted by molar-refractivity contribution is 6.09. The quantitative estimate of drug-likeness (QED) is 0.788. The van der Waals surface area contributed by atoms with E-state index >= 15 is 0 Å². The Labute approximate surface area is 172 Å². The molecule has 0 aliphatic carbocycles. The van der Waals surface area contributed by atoms with Gasteiger partial charge in [0.2, 0.25) is 11.8 Å². The molecule has 2 aromatic rings. The van der Waals surface area contributed by atoms with Crippen molar-refractivity contribution in [1.82, 2.24) is 9.88 Å². The second kappa shape index (κ2) is 8.64. The van der Waals surface area contributed by atoms with Crippen LogP contribution in [0.15, 0.2) is 48.7 Å². The summed E-state index contributed by atoms with van der Waals surface area (Å²) in [6.07, 6.45) is 1.77. The third-order valence-corrected chi connectivity index (χ3v) is 5.48. The van der Waals surface area contributed by atoms with Gasteiger partial charge in [-0.2, -0.15) is 0 Å². The number of carbonyl (C=O) groups excluding carboxylic acids is 2. The Balaban J connectivity index is 1.59. The lowest BCUT2D eigenvalue weighted by Gasteiger charge is -2.38. The fraction of sp³-hybridized carbons (Fsp3) is 0.435. The normalized spacial score (nSPS) is 14.8. The molecular weight excluding hydrogens is 364 g/mol. The Hall–Kier alpha value is -2.89. The topological polar surface area (TPSA) is 65.5 Å². The van der Waals surface area contributed by atoms with Crippen LogP contribution in [0.2, 0.25) is 0 Å². The zero-order chi connectivity index (χ0) is 21.0. The molecule has 6 heteroatoms. The Morgan fingerprint density at radius 1 is 1.00 bits per heavy atom. The molecule has 154 valence electrons. The first-order valence-electron chi connectivity index (χ1n) is 10.2. The molecular formula is C23H30N4O2. The number of hydrogen-bond acceptors (Lipinski definition) is 4. The predicted molar refractivity (Wildman–Crippen MR) is 116 cm³/mol. The summed E-state index contributed by atoms with van der Waals surface area (Å²) in [6, 6.07) is 13.6. The number of aromatic nitrogens is 1. The van der Waals surface area contributed by atoms with E-state index in [4.69, 9.17) is 0 Å². The van der Waals surface area contributed by atoms with Crippen LogP contribution in [0, 0.1) is 5.41 Å². The standard InChI is InChI=1S/C23H30N4O2/c1-17(2)18-8-10-19(11-9-18)25-21(28)23(3,4)22(29)27-15-13-26(14-16-27)20-7-5-6-12-24-20/h5-12,17H,13-16H2,1-4H3,(H,25,28). The number of hydrogen-bond donors (Lipinski definition) is 1. The van der Waals surface area contributed by atoms with Gasteiger partial charge >= 0.3 is 0 Å². The fourth-order valence-electron chi connectivity index (χ4n) is 3.41. The molecule has 1 saturated heterocycles. The van der Waals surface area contributed by atoms with E-state index in [-0.39, 0.29) is 11.8 Å². The van der Waals surface area contributed by atoms with Gasteiger partial charge in [0, 0.05) is 38.1 Å². The molecule has 0 spiro atoms. The van der Waals surface area contributed by atoms with Gasteiger partial charge in [-0.25, -0.2) is 4.98 Å². The van der Waals surface area contributed by atoms with Crippen molar-refractivity contribution < 1.29 is 9.59 Å². The van der Waals surface area contributed by atoms with Gasteiger partial charge in [-0.05, 0) is 49.6 Å². The lowest BCUT2D eigenvalue weighted by molar-refractivity contribution is -0.146. The third kappa shape index (κ3) is 4.75. The molecule has 1 N–H and O–H groups in total. The van der Waals surface area contributed by atoms with Crippen molar-refractivity contribution in [1.29, 1.82) is 0 Å². The smallest absolute Gasteiger partial charge is 0.239 e. The van der Waals surface area contributed by atoms with Crippen LogP contribution >= 0.6 is 0 Å². The molecule has 0 radical (unpaired) electrons. The van der Waals surface area contributed by atoms with Crippen LogP contribution in [0.25, 0.3) is 0 Å². The first kappa shape index (κ1) is 20.8. The summed E-state index contributed by atoms with van der Waals surface area (Å²) in [7, 11) is 0. The molecule has 2 heterocycles. The average Bonchev–Trinajstić information content (AvgIpc) is 2.74. The van der Waals surface area contributed by atoms with Crippen LogP contribution in [-0.4, -0.2) is 47.9 Å². The molecule has 1 aliphatic rings. The molecule has 0 saturated carbocycles. The van der Waals surface area contributed by atoms with Gasteiger partial charge in [-0.15, -0.1) is 0 Å². The molecule has 3 rings (SSSR count). The molecule has 0 unspecified atom stereocenters. The maximum absolute atomic E-state index is 13.1. The first-order valence-corrected chi connectivity index (χ1v) is 10.2. The summed E-state index contributed by atoms with van der Waals surface area (Å²) in [5.41, 5.74) is 0.786. The zero-order valence-corrected chi connectivity index (χ0v) is 17.7. The van der Waals surface area contributed by atoms with Crippen LogP contribution in [0.1, 0.15) is 39.2 Å². The number of rotatable bonds is 5. The Bertz CT molecular complexity index is 839. The van der Waals surface area contributed by atoms with Crippen LogP contribution in [0.5, 0.6) is 0 Å². The van der Waals surface area contributed by atoms with Crippen molar-refractivity contribution in [3.05, 3.63) is 54.2 Å². The molecule has 6 nitrogen and oxygen atoms in total. The highest BCUT2D eigenvalue weighted by atomic mass is 16.2. The molecule has 0 bridgehead atoms. The molecule has 1 aromatic heterocycles.